The number of ether oxygens (including phenoxy) is 2. The molecule has 3 saturated heterocycles. The molecule has 0 unspecified atom stereocenters. The quantitative estimate of drug-likeness (QED) is 0.319. The first-order valence-corrected chi connectivity index (χ1v) is 18.3. The highest BCUT2D eigenvalue weighted by atomic mass is 16.5. The van der Waals surface area contributed by atoms with Gasteiger partial charge >= 0.3 is 0 Å². The molecular formula is C40H48N6O6. The number of pyridine rings is 1. The standard InChI is InChI=1S/C40H48N6O6/c1-43-23-33(31-21-41-22-32(31)40(43)50)30-19-35(51-2)34(36(20-30)52-3)24-45-14-16-46(17-15-45)38(48)25-44-12-10-28(11-13-44)27-6-4-26(5-7-27)18-29-8-9-37(47)42-39(29)49/h4-7,19-21,23,28-29H,8-18,22,24-25H2,1-3H3,(H,42,47,49)/t29-/m1/s1. The second-order valence-corrected chi connectivity index (χ2v) is 14.5. The minimum Gasteiger partial charge on any atom is -0.496 e. The molecule has 3 fully saturated rings. The number of rotatable bonds is 10. The van der Waals surface area contributed by atoms with Gasteiger partial charge in [0.25, 0.3) is 5.56 Å². The molecule has 5 heterocycles. The minimum atomic E-state index is -0.177. The summed E-state index contributed by atoms with van der Waals surface area (Å²) in [6, 6.07) is 12.6. The van der Waals surface area contributed by atoms with Crippen molar-refractivity contribution < 1.29 is 23.9 Å². The summed E-state index contributed by atoms with van der Waals surface area (Å²) in [5.74, 6) is 1.60. The zero-order valence-corrected chi connectivity index (χ0v) is 30.4. The van der Waals surface area contributed by atoms with Crippen LogP contribution in [-0.4, -0.2) is 103 Å². The fraction of sp³-hybridized carbons (Fsp3) is 0.475. The summed E-state index contributed by atoms with van der Waals surface area (Å²) in [6.07, 6.45) is 7.31. The SMILES string of the molecule is COc1cc(-c2cn(C)c(=O)c3c2C=NC3)cc(OC)c1CN1CCN(C(=O)CN2CCC(c3ccc(C[C@H]4CCC(=O)NC4=O)cc3)CC2)CC1. The number of methoxy groups -OCH3 is 2. The van der Waals surface area contributed by atoms with E-state index < -0.39 is 0 Å². The molecule has 12 nitrogen and oxygen atoms in total. The van der Waals surface area contributed by atoms with Crippen LogP contribution < -0.4 is 20.3 Å². The highest BCUT2D eigenvalue weighted by molar-refractivity contribution is 5.98. The first-order valence-electron chi connectivity index (χ1n) is 18.3. The van der Waals surface area contributed by atoms with Gasteiger partial charge in [-0.3, -0.25) is 39.3 Å². The van der Waals surface area contributed by atoms with Crippen molar-refractivity contribution in [2.45, 2.75) is 51.1 Å². The maximum absolute atomic E-state index is 13.4. The molecular weight excluding hydrogens is 660 g/mol. The summed E-state index contributed by atoms with van der Waals surface area (Å²) in [7, 11) is 5.09. The van der Waals surface area contributed by atoms with Crippen LogP contribution in [0, 0.1) is 5.92 Å². The number of fused-ring (bicyclic) bond motifs is 1. The molecule has 0 radical (unpaired) electrons. The van der Waals surface area contributed by atoms with E-state index in [0.717, 1.165) is 78.3 Å². The van der Waals surface area contributed by atoms with E-state index in [1.54, 1.807) is 32.0 Å². The lowest BCUT2D eigenvalue weighted by molar-refractivity contribution is -0.136. The van der Waals surface area contributed by atoms with Crippen LogP contribution in [0.25, 0.3) is 11.1 Å². The molecule has 0 spiro atoms. The zero-order valence-electron chi connectivity index (χ0n) is 30.4. The van der Waals surface area contributed by atoms with Gasteiger partial charge in [0.1, 0.15) is 11.5 Å². The summed E-state index contributed by atoms with van der Waals surface area (Å²) in [5, 5.41) is 2.45. The largest absolute Gasteiger partial charge is 0.496 e. The molecule has 1 atom stereocenters. The lowest BCUT2D eigenvalue weighted by atomic mass is 9.87. The van der Waals surface area contributed by atoms with Crippen LogP contribution in [-0.2, 0) is 40.9 Å². The average Bonchev–Trinajstić information content (AvgIpc) is 3.66. The van der Waals surface area contributed by atoms with E-state index in [4.69, 9.17) is 9.47 Å². The molecule has 3 amide bonds. The minimum absolute atomic E-state index is 0.0295. The maximum atomic E-state index is 13.4. The lowest BCUT2D eigenvalue weighted by Gasteiger charge is -2.37. The van der Waals surface area contributed by atoms with Crippen molar-refractivity contribution in [2.75, 3.05) is 60.0 Å². The van der Waals surface area contributed by atoms with Crippen molar-refractivity contribution in [1.82, 2.24) is 24.6 Å². The van der Waals surface area contributed by atoms with Crippen LogP contribution >= 0.6 is 0 Å². The fourth-order valence-corrected chi connectivity index (χ4v) is 8.10. The summed E-state index contributed by atoms with van der Waals surface area (Å²) >= 11 is 0. The number of benzene rings is 2. The number of aliphatic imine (C=N–C) groups is 1. The Morgan fingerprint density at radius 1 is 0.904 bits per heavy atom. The van der Waals surface area contributed by atoms with Crippen molar-refractivity contribution in [3.63, 3.8) is 0 Å². The van der Waals surface area contributed by atoms with Gasteiger partial charge in [0.15, 0.2) is 0 Å². The Bertz CT molecular complexity index is 1900. The van der Waals surface area contributed by atoms with E-state index >= 15 is 0 Å². The Kier molecular flexibility index (Phi) is 10.6. The maximum Gasteiger partial charge on any atom is 0.256 e. The fourth-order valence-electron chi connectivity index (χ4n) is 8.10. The highest BCUT2D eigenvalue weighted by Crippen LogP contribution is 2.38. The van der Waals surface area contributed by atoms with Crippen LogP contribution in [0.1, 0.15) is 59.4 Å². The summed E-state index contributed by atoms with van der Waals surface area (Å²) in [5.41, 5.74) is 6.71. The summed E-state index contributed by atoms with van der Waals surface area (Å²) < 4.78 is 13.4. The number of nitrogens with zero attached hydrogens (tertiary/aromatic N) is 5. The summed E-state index contributed by atoms with van der Waals surface area (Å²) in [4.78, 5) is 60.6. The van der Waals surface area contributed by atoms with Crippen LogP contribution in [0.5, 0.6) is 11.5 Å². The second kappa shape index (κ2) is 15.4. The molecule has 274 valence electrons. The molecule has 4 aliphatic heterocycles. The molecule has 0 bridgehead atoms. The monoisotopic (exact) mass is 708 g/mol. The van der Waals surface area contributed by atoms with E-state index in [2.05, 4.69) is 44.4 Å². The first-order chi connectivity index (χ1) is 25.2. The molecule has 2 aromatic carbocycles. The molecule has 1 aromatic heterocycles. The zero-order chi connectivity index (χ0) is 36.4. The normalized spacial score (nSPS) is 19.8. The van der Waals surface area contributed by atoms with E-state index in [1.165, 1.54) is 5.56 Å². The average molecular weight is 709 g/mol. The number of hydrogen-bond donors (Lipinski definition) is 1. The molecule has 1 N–H and O–H groups in total. The number of amides is 3. The number of aryl methyl sites for hydroxylation is 1. The molecule has 12 heteroatoms. The Morgan fingerprint density at radius 2 is 1.60 bits per heavy atom. The lowest BCUT2D eigenvalue weighted by Crippen LogP contribution is -2.51. The van der Waals surface area contributed by atoms with E-state index in [9.17, 15) is 19.2 Å². The third-order valence-electron chi connectivity index (χ3n) is 11.2. The van der Waals surface area contributed by atoms with Gasteiger partial charge < -0.3 is 18.9 Å². The third-order valence-corrected chi connectivity index (χ3v) is 11.2. The number of carbonyl (C=O) groups is 3. The van der Waals surface area contributed by atoms with Crippen molar-refractivity contribution in [2.24, 2.45) is 18.0 Å². The highest BCUT2D eigenvalue weighted by Gasteiger charge is 2.29. The molecule has 0 saturated carbocycles. The van der Waals surface area contributed by atoms with Gasteiger partial charge in [-0.1, -0.05) is 24.3 Å². The van der Waals surface area contributed by atoms with Gasteiger partial charge in [-0.05, 0) is 73.5 Å². The third kappa shape index (κ3) is 7.54. The number of piperidine rings is 2. The van der Waals surface area contributed by atoms with Crippen LogP contribution in [0.3, 0.4) is 0 Å². The molecule has 0 aliphatic carbocycles. The molecule has 4 aliphatic rings. The molecule has 3 aromatic rings. The van der Waals surface area contributed by atoms with E-state index in [1.807, 2.05) is 23.2 Å². The number of carbonyl (C=O) groups excluding carboxylic acids is 3. The Balaban J connectivity index is 0.897. The number of imide groups is 1. The molecule has 7 rings (SSSR count). The summed E-state index contributed by atoms with van der Waals surface area (Å²) in [6.45, 7) is 6.10. The van der Waals surface area contributed by atoms with Gasteiger partial charge in [0.2, 0.25) is 17.7 Å². The van der Waals surface area contributed by atoms with Gasteiger partial charge in [0, 0.05) is 81.2 Å². The number of nitrogens with one attached hydrogen (secondary N) is 1. The number of likely N-dealkylation sites (tertiary alicyclic amines) is 1. The van der Waals surface area contributed by atoms with Crippen molar-refractivity contribution in [1.29, 1.82) is 0 Å². The van der Waals surface area contributed by atoms with E-state index in [0.29, 0.717) is 63.5 Å². The Labute approximate surface area is 304 Å². The molecule has 52 heavy (non-hydrogen) atoms. The smallest absolute Gasteiger partial charge is 0.256 e. The van der Waals surface area contributed by atoms with Crippen LogP contribution in [0.15, 0.2) is 52.4 Å². The first kappa shape index (κ1) is 35.6. The second-order valence-electron chi connectivity index (χ2n) is 14.5. The van der Waals surface area contributed by atoms with Gasteiger partial charge in [-0.2, -0.15) is 0 Å². The van der Waals surface area contributed by atoms with Crippen molar-refractivity contribution in [3.8, 4) is 22.6 Å². The predicted molar refractivity (Wildman–Crippen MR) is 198 cm³/mol. The van der Waals surface area contributed by atoms with Crippen molar-refractivity contribution >= 4 is 23.9 Å². The number of aromatic nitrogens is 1. The number of hydrogen-bond acceptors (Lipinski definition) is 9. The Morgan fingerprint density at radius 3 is 2.25 bits per heavy atom. The van der Waals surface area contributed by atoms with E-state index in [-0.39, 0.29) is 29.2 Å². The predicted octanol–water partition coefficient (Wildman–Crippen LogP) is 3.12. The Hall–Kier alpha value is -4.81. The van der Waals surface area contributed by atoms with Gasteiger partial charge in [-0.25, -0.2) is 0 Å². The van der Waals surface area contributed by atoms with Crippen LogP contribution in [0.2, 0.25) is 0 Å². The topological polar surface area (TPSA) is 126 Å². The van der Waals surface area contributed by atoms with Crippen LogP contribution in [0.4, 0.5) is 0 Å². The van der Waals surface area contributed by atoms with Crippen molar-refractivity contribution in [3.05, 3.63) is 80.8 Å². The number of piperazine rings is 1. The van der Waals surface area contributed by atoms with Gasteiger partial charge in [-0.15, -0.1) is 0 Å². The van der Waals surface area contributed by atoms with Gasteiger partial charge in [0.05, 0.1) is 32.9 Å².